The van der Waals surface area contributed by atoms with Crippen LogP contribution in [0.1, 0.15) is 30.9 Å². The molecule has 4 aliphatic rings. The Balaban J connectivity index is 1.29. The third-order valence-corrected chi connectivity index (χ3v) is 9.80. The Hall–Kier alpha value is -4.42. The summed E-state index contributed by atoms with van der Waals surface area (Å²) < 4.78 is 49.6. The van der Waals surface area contributed by atoms with Crippen LogP contribution in [-0.2, 0) is 20.7 Å². The molecule has 2 N–H and O–H groups in total. The van der Waals surface area contributed by atoms with Crippen LogP contribution in [0.4, 0.5) is 26.1 Å². The topological polar surface area (TPSA) is 125 Å². The molecule has 5 heterocycles. The number of ether oxygens (including phenoxy) is 3. The van der Waals surface area contributed by atoms with Crippen LogP contribution >= 0.6 is 0 Å². The highest BCUT2D eigenvalue weighted by molar-refractivity contribution is 5.92. The molecule has 1 aromatic carbocycles. The van der Waals surface area contributed by atoms with Crippen molar-refractivity contribution in [1.29, 1.82) is 0 Å². The van der Waals surface area contributed by atoms with Crippen molar-refractivity contribution < 1.29 is 32.9 Å². The third kappa shape index (κ3) is 6.96. The summed E-state index contributed by atoms with van der Waals surface area (Å²) in [4.78, 5) is 31.8. The summed E-state index contributed by atoms with van der Waals surface area (Å²) in [6, 6.07) is 2.39. The summed E-state index contributed by atoms with van der Waals surface area (Å²) in [5.74, 6) is 0.823. The number of carbonyl (C=O) groups excluding carboxylic acids is 1. The Morgan fingerprint density at radius 2 is 1.98 bits per heavy atom. The van der Waals surface area contributed by atoms with Crippen LogP contribution in [0.3, 0.4) is 0 Å². The zero-order chi connectivity index (χ0) is 35.0. The van der Waals surface area contributed by atoms with Crippen molar-refractivity contribution in [2.24, 2.45) is 5.41 Å². The maximum atomic E-state index is 17.0. The molecule has 0 spiro atoms. The van der Waals surface area contributed by atoms with Crippen molar-refractivity contribution in [3.05, 3.63) is 53.7 Å². The van der Waals surface area contributed by atoms with Gasteiger partial charge in [0.2, 0.25) is 5.91 Å². The van der Waals surface area contributed by atoms with Crippen molar-refractivity contribution in [3.63, 3.8) is 0 Å². The maximum absolute atomic E-state index is 17.0. The summed E-state index contributed by atoms with van der Waals surface area (Å²) in [5.41, 5.74) is -0.612. The summed E-state index contributed by atoms with van der Waals surface area (Å²) >= 11 is 0. The molecule has 3 aliphatic heterocycles. The second-order valence-corrected chi connectivity index (χ2v) is 13.9. The van der Waals surface area contributed by atoms with Gasteiger partial charge in [-0.3, -0.25) is 9.69 Å². The molecule has 14 heteroatoms. The molecular formula is C36H41F2N7O5. The van der Waals surface area contributed by atoms with Crippen LogP contribution in [-0.4, -0.2) is 115 Å². The lowest BCUT2D eigenvalue weighted by Gasteiger charge is -2.39. The maximum Gasteiger partial charge on any atom is 0.319 e. The average Bonchev–Trinajstić information content (AvgIpc) is 3.91. The van der Waals surface area contributed by atoms with Crippen molar-refractivity contribution in [2.75, 3.05) is 82.1 Å². The summed E-state index contributed by atoms with van der Waals surface area (Å²) in [5, 5.41) is 14.4. The zero-order valence-corrected chi connectivity index (χ0v) is 28.1. The number of rotatable bonds is 9. The van der Waals surface area contributed by atoms with Crippen molar-refractivity contribution in [1.82, 2.24) is 25.2 Å². The van der Waals surface area contributed by atoms with Crippen LogP contribution in [0.5, 0.6) is 6.01 Å². The molecule has 1 saturated carbocycles. The Kier molecular flexibility index (Phi) is 9.34. The minimum Gasteiger partial charge on any atom is -0.463 e. The number of aliphatic hydroxyl groups is 1. The number of fused-ring (bicyclic) bond motifs is 2. The number of nitrogens with one attached hydrogen (secondary N) is 1. The standard InChI is InChI=1S/C36H41F2N7O5/c1-4-25-27(37)7-6-23-16-35(3,47)20-45(31(23)25)33-29(38)30-26(17-39-33)32(44-12-15-49-19-24(18-44)40-28(46)5-2)42-34(41-30)50-22-36(8-9-36)21-43-10-13-48-14-11-43/h1,5-7,17,24,47H,2,8-16,18-22H2,3H3,(H,40,46)/t24-,35+/m0/s1. The molecule has 0 unspecified atom stereocenters. The van der Waals surface area contributed by atoms with Crippen LogP contribution in [0.2, 0.25) is 0 Å². The number of pyridine rings is 1. The van der Waals surface area contributed by atoms with Gasteiger partial charge in [-0.2, -0.15) is 9.97 Å². The lowest BCUT2D eigenvalue weighted by molar-refractivity contribution is -0.117. The number of nitrogens with zero attached hydrogens (tertiary/aromatic N) is 6. The number of anilines is 3. The van der Waals surface area contributed by atoms with Gasteiger partial charge in [0.1, 0.15) is 17.2 Å². The van der Waals surface area contributed by atoms with Gasteiger partial charge in [-0.1, -0.05) is 18.6 Å². The fourth-order valence-corrected chi connectivity index (χ4v) is 7.10. The van der Waals surface area contributed by atoms with E-state index in [0.717, 1.165) is 32.5 Å². The lowest BCUT2D eigenvalue weighted by Crippen LogP contribution is -2.45. The van der Waals surface area contributed by atoms with Gasteiger partial charge in [-0.05, 0) is 37.5 Å². The molecule has 1 amide bonds. The summed E-state index contributed by atoms with van der Waals surface area (Å²) in [7, 11) is 0. The van der Waals surface area contributed by atoms with Gasteiger partial charge in [-0.25, -0.2) is 13.8 Å². The SMILES string of the molecule is C#Cc1c(F)ccc2c1N(c1ncc3c(N4CCOC[C@@H](NC(=O)C=C)C4)nc(OCC4(CN5CCOCC5)CC4)nc3c1F)C[C@](C)(O)C2. The van der Waals surface area contributed by atoms with Gasteiger partial charge >= 0.3 is 6.01 Å². The number of hydrogen-bond acceptors (Lipinski definition) is 11. The van der Waals surface area contributed by atoms with E-state index < -0.39 is 23.3 Å². The lowest BCUT2D eigenvalue weighted by atomic mass is 9.88. The molecule has 3 fully saturated rings. The Bertz CT molecular complexity index is 1840. The quantitative estimate of drug-likeness (QED) is 0.255. The van der Waals surface area contributed by atoms with E-state index in [9.17, 15) is 14.3 Å². The third-order valence-electron chi connectivity index (χ3n) is 9.80. The Morgan fingerprint density at radius 1 is 1.20 bits per heavy atom. The Labute approximate surface area is 289 Å². The number of β-amino-alcohol motifs (C(OH)–C–C–N with tert-alkyl or cyclic N) is 1. The van der Waals surface area contributed by atoms with Crippen molar-refractivity contribution >= 4 is 34.1 Å². The van der Waals surface area contributed by atoms with Crippen LogP contribution in [0.25, 0.3) is 10.9 Å². The van der Waals surface area contributed by atoms with E-state index in [1.54, 1.807) is 13.0 Å². The zero-order valence-electron chi connectivity index (χ0n) is 28.1. The fraction of sp³-hybridized carbons (Fsp3) is 0.500. The van der Waals surface area contributed by atoms with Crippen LogP contribution in [0.15, 0.2) is 31.0 Å². The molecule has 0 radical (unpaired) electrons. The molecule has 2 saturated heterocycles. The van der Waals surface area contributed by atoms with Crippen molar-refractivity contribution in [3.8, 4) is 18.4 Å². The van der Waals surface area contributed by atoms with Crippen LogP contribution in [0, 0.1) is 29.4 Å². The molecule has 264 valence electrons. The Morgan fingerprint density at radius 3 is 2.72 bits per heavy atom. The largest absolute Gasteiger partial charge is 0.463 e. The van der Waals surface area contributed by atoms with Gasteiger partial charge in [0.25, 0.3) is 0 Å². The first kappa shape index (κ1) is 34.0. The number of hydrogen-bond donors (Lipinski definition) is 2. The van der Waals surface area contributed by atoms with Gasteiger partial charge in [0.05, 0.1) is 67.9 Å². The van der Waals surface area contributed by atoms with E-state index in [-0.39, 0.29) is 59.5 Å². The first-order valence-electron chi connectivity index (χ1n) is 16.9. The molecule has 2 aromatic heterocycles. The van der Waals surface area contributed by atoms with E-state index in [0.29, 0.717) is 56.3 Å². The van der Waals surface area contributed by atoms with E-state index >= 15 is 4.39 Å². The fourth-order valence-electron chi connectivity index (χ4n) is 7.10. The minimum absolute atomic E-state index is 0.00459. The summed E-state index contributed by atoms with van der Waals surface area (Å²) in [6.07, 6.45) is 10.6. The highest BCUT2D eigenvalue weighted by Gasteiger charge is 2.45. The molecule has 50 heavy (non-hydrogen) atoms. The first-order chi connectivity index (χ1) is 24.1. The molecule has 2 atom stereocenters. The van der Waals surface area contributed by atoms with Gasteiger partial charge in [-0.15, -0.1) is 6.42 Å². The summed E-state index contributed by atoms with van der Waals surface area (Å²) in [6.45, 7) is 10.7. The van der Waals surface area contributed by atoms with E-state index in [1.807, 2.05) is 4.90 Å². The molecule has 12 nitrogen and oxygen atoms in total. The molecular weight excluding hydrogens is 648 g/mol. The van der Waals surface area contributed by atoms with Gasteiger partial charge in [0.15, 0.2) is 11.6 Å². The number of morpholine rings is 1. The second kappa shape index (κ2) is 13.7. The predicted octanol–water partition coefficient (Wildman–Crippen LogP) is 2.73. The molecule has 0 bridgehead atoms. The smallest absolute Gasteiger partial charge is 0.319 e. The van der Waals surface area contributed by atoms with Gasteiger partial charge < -0.3 is 34.4 Å². The molecule has 7 rings (SSSR count). The average molecular weight is 690 g/mol. The highest BCUT2D eigenvalue weighted by Crippen LogP contribution is 2.47. The minimum atomic E-state index is -1.29. The van der Waals surface area contributed by atoms with E-state index in [4.69, 9.17) is 25.6 Å². The van der Waals surface area contributed by atoms with Crippen molar-refractivity contribution in [2.45, 2.75) is 37.8 Å². The number of amides is 1. The highest BCUT2D eigenvalue weighted by atomic mass is 19.1. The number of terminal acetylenes is 1. The monoisotopic (exact) mass is 689 g/mol. The molecule has 1 aliphatic carbocycles. The second-order valence-electron chi connectivity index (χ2n) is 13.9. The van der Waals surface area contributed by atoms with Crippen LogP contribution < -0.4 is 19.9 Å². The first-order valence-corrected chi connectivity index (χ1v) is 16.9. The number of benzene rings is 1. The number of carbonyl (C=O) groups is 1. The predicted molar refractivity (Wildman–Crippen MR) is 183 cm³/mol. The van der Waals surface area contributed by atoms with E-state index in [2.05, 4.69) is 32.7 Å². The van der Waals surface area contributed by atoms with E-state index in [1.165, 1.54) is 23.2 Å². The normalized spacial score (nSPS) is 23.5. The number of aromatic nitrogens is 3. The number of halogens is 2. The molecule has 3 aromatic rings. The van der Waals surface area contributed by atoms with Gasteiger partial charge in [0, 0.05) is 50.8 Å².